The first-order valence-corrected chi connectivity index (χ1v) is 13.1. The Balaban J connectivity index is 1.72. The van der Waals surface area contributed by atoms with E-state index in [1.807, 2.05) is 27.1 Å². The molecule has 1 fully saturated rings. The molecule has 1 aliphatic heterocycles. The van der Waals surface area contributed by atoms with Crippen LogP contribution in [0, 0.1) is 12.8 Å². The number of benzene rings is 1. The largest absolute Gasteiger partial charge is 0.477 e. The average Bonchev–Trinajstić information content (AvgIpc) is 3.44. The number of ether oxygens (including phenoxy) is 2. The Labute approximate surface area is 220 Å². The summed E-state index contributed by atoms with van der Waals surface area (Å²) in [4.78, 5) is 9.53. The minimum absolute atomic E-state index is 0.0299. The highest BCUT2D eigenvalue weighted by Gasteiger charge is 2.32. The van der Waals surface area contributed by atoms with E-state index in [1.165, 1.54) is 5.56 Å². The van der Waals surface area contributed by atoms with Gasteiger partial charge in [0.15, 0.2) is 0 Å². The van der Waals surface area contributed by atoms with Crippen LogP contribution in [0.4, 0.5) is 0 Å². The molecule has 6 rings (SSSR count). The molecule has 0 bridgehead atoms. The predicted molar refractivity (Wildman–Crippen MR) is 144 cm³/mol. The van der Waals surface area contributed by atoms with Crippen molar-refractivity contribution in [3.05, 3.63) is 65.1 Å². The normalized spacial score (nSPS) is 15.5. The minimum Gasteiger partial charge on any atom is -0.477 e. The van der Waals surface area contributed by atoms with E-state index in [0.717, 1.165) is 64.9 Å². The van der Waals surface area contributed by atoms with Gasteiger partial charge in [-0.05, 0) is 44.2 Å². The number of aryl methyl sites for hydroxylation is 2. The summed E-state index contributed by atoms with van der Waals surface area (Å²) in [5, 5.41) is 9.88. The second kappa shape index (κ2) is 9.76. The highest BCUT2D eigenvalue weighted by Crippen LogP contribution is 2.45. The molecule has 1 saturated heterocycles. The van der Waals surface area contributed by atoms with Crippen LogP contribution in [-0.4, -0.2) is 49.3 Å². The first-order valence-electron chi connectivity index (χ1n) is 12.7. The quantitative estimate of drug-likeness (QED) is 0.285. The average molecular weight is 517 g/mol. The SMILES string of the molecule is CCOc1ncc(Cl)c2c1c1ncc(-c3c(C)nnn3C)cc1n2[C@H](c1ccccc1)C1CCOCC1. The fourth-order valence-electron chi connectivity index (χ4n) is 5.70. The summed E-state index contributed by atoms with van der Waals surface area (Å²) in [6, 6.07) is 12.8. The van der Waals surface area contributed by atoms with Gasteiger partial charge in [0.1, 0.15) is 5.52 Å². The van der Waals surface area contributed by atoms with Crippen molar-refractivity contribution >= 4 is 33.5 Å². The first kappa shape index (κ1) is 23.9. The molecule has 1 atom stereocenters. The number of pyridine rings is 2. The Morgan fingerprint density at radius 3 is 2.62 bits per heavy atom. The van der Waals surface area contributed by atoms with E-state index < -0.39 is 0 Å². The van der Waals surface area contributed by atoms with Crippen LogP contribution in [0.25, 0.3) is 33.2 Å². The lowest BCUT2D eigenvalue weighted by atomic mass is 9.86. The number of nitrogens with zero attached hydrogens (tertiary/aromatic N) is 6. The molecule has 1 aromatic carbocycles. The molecule has 5 heterocycles. The lowest BCUT2D eigenvalue weighted by Gasteiger charge is -2.33. The number of hydrogen-bond acceptors (Lipinski definition) is 6. The van der Waals surface area contributed by atoms with Gasteiger partial charge in [0.2, 0.25) is 5.88 Å². The third-order valence-electron chi connectivity index (χ3n) is 7.26. The van der Waals surface area contributed by atoms with Crippen molar-refractivity contribution in [3.63, 3.8) is 0 Å². The van der Waals surface area contributed by atoms with Gasteiger partial charge in [0.05, 0.1) is 51.7 Å². The van der Waals surface area contributed by atoms with E-state index in [0.29, 0.717) is 23.4 Å². The van der Waals surface area contributed by atoms with Gasteiger partial charge >= 0.3 is 0 Å². The molecule has 190 valence electrons. The molecule has 4 aromatic heterocycles. The smallest absolute Gasteiger partial charge is 0.225 e. The van der Waals surface area contributed by atoms with Crippen molar-refractivity contribution in [3.8, 4) is 17.1 Å². The molecule has 0 saturated carbocycles. The summed E-state index contributed by atoms with van der Waals surface area (Å²) < 4.78 is 15.9. The Bertz CT molecular complexity index is 1550. The molecule has 0 radical (unpaired) electrons. The van der Waals surface area contributed by atoms with Gasteiger partial charge in [-0.1, -0.05) is 47.1 Å². The number of fused-ring (bicyclic) bond motifs is 3. The zero-order chi connectivity index (χ0) is 25.5. The monoisotopic (exact) mass is 516 g/mol. The molecule has 0 unspecified atom stereocenters. The van der Waals surface area contributed by atoms with Crippen molar-refractivity contribution in [1.82, 2.24) is 29.5 Å². The second-order valence-corrected chi connectivity index (χ2v) is 9.89. The maximum absolute atomic E-state index is 6.95. The van der Waals surface area contributed by atoms with Gasteiger partial charge in [-0.3, -0.25) is 4.98 Å². The van der Waals surface area contributed by atoms with E-state index >= 15 is 0 Å². The lowest BCUT2D eigenvalue weighted by Crippen LogP contribution is -2.27. The van der Waals surface area contributed by atoms with Gasteiger partial charge < -0.3 is 14.0 Å². The molecular weight excluding hydrogens is 488 g/mol. The van der Waals surface area contributed by atoms with Crippen LogP contribution in [0.2, 0.25) is 5.02 Å². The van der Waals surface area contributed by atoms with Crippen LogP contribution in [0.3, 0.4) is 0 Å². The zero-order valence-corrected chi connectivity index (χ0v) is 21.9. The molecule has 0 spiro atoms. The Morgan fingerprint density at radius 2 is 1.92 bits per heavy atom. The molecule has 8 nitrogen and oxygen atoms in total. The summed E-state index contributed by atoms with van der Waals surface area (Å²) in [5.41, 5.74) is 6.64. The maximum atomic E-state index is 6.95. The molecule has 0 N–H and O–H groups in total. The summed E-state index contributed by atoms with van der Waals surface area (Å²) in [7, 11) is 1.90. The van der Waals surface area contributed by atoms with Crippen molar-refractivity contribution in [2.75, 3.05) is 19.8 Å². The van der Waals surface area contributed by atoms with Crippen LogP contribution in [0.15, 0.2) is 48.8 Å². The molecule has 0 amide bonds. The molecule has 37 heavy (non-hydrogen) atoms. The Kier molecular flexibility index (Phi) is 6.30. The fraction of sp³-hybridized carbons (Fsp3) is 0.357. The van der Waals surface area contributed by atoms with Crippen LogP contribution in [0.1, 0.15) is 37.1 Å². The van der Waals surface area contributed by atoms with Crippen molar-refractivity contribution in [2.45, 2.75) is 32.7 Å². The summed E-state index contributed by atoms with van der Waals surface area (Å²) in [5.74, 6) is 0.904. The first-order chi connectivity index (χ1) is 18.1. The maximum Gasteiger partial charge on any atom is 0.225 e. The van der Waals surface area contributed by atoms with Gasteiger partial charge in [-0.25, -0.2) is 9.67 Å². The summed E-state index contributed by atoms with van der Waals surface area (Å²) in [6.45, 7) is 5.91. The van der Waals surface area contributed by atoms with Crippen LogP contribution in [0.5, 0.6) is 5.88 Å². The van der Waals surface area contributed by atoms with Crippen molar-refractivity contribution in [2.24, 2.45) is 13.0 Å². The van der Waals surface area contributed by atoms with Crippen molar-refractivity contribution in [1.29, 1.82) is 0 Å². The Morgan fingerprint density at radius 1 is 1.14 bits per heavy atom. The van der Waals surface area contributed by atoms with E-state index in [9.17, 15) is 0 Å². The minimum atomic E-state index is 0.0299. The highest BCUT2D eigenvalue weighted by molar-refractivity contribution is 6.36. The summed E-state index contributed by atoms with van der Waals surface area (Å²) >= 11 is 6.95. The summed E-state index contributed by atoms with van der Waals surface area (Å²) in [6.07, 6.45) is 5.48. The topological polar surface area (TPSA) is 79.9 Å². The van der Waals surface area contributed by atoms with E-state index in [-0.39, 0.29) is 6.04 Å². The van der Waals surface area contributed by atoms with Gasteiger partial charge in [0.25, 0.3) is 0 Å². The van der Waals surface area contributed by atoms with Crippen LogP contribution < -0.4 is 4.74 Å². The van der Waals surface area contributed by atoms with E-state index in [2.05, 4.69) is 56.3 Å². The predicted octanol–water partition coefficient (Wildman–Crippen LogP) is 5.76. The standard InChI is InChI=1S/C28H29ClN6O2/c1-4-37-28-23-24-22(14-20(15-30-24)25-17(2)32-33-34(25)3)35(27(23)21(29)16-31-28)26(18-8-6-5-7-9-18)19-10-12-36-13-11-19/h5-9,14-16,19,26H,4,10-13H2,1-3H3/t26-/m1/s1. The van der Waals surface area contributed by atoms with Crippen LogP contribution in [-0.2, 0) is 11.8 Å². The second-order valence-electron chi connectivity index (χ2n) is 9.48. The Hall–Kier alpha value is -3.49. The third kappa shape index (κ3) is 4.04. The number of halogens is 1. The van der Waals surface area contributed by atoms with Gasteiger partial charge in [-0.2, -0.15) is 0 Å². The van der Waals surface area contributed by atoms with Crippen molar-refractivity contribution < 1.29 is 9.47 Å². The lowest BCUT2D eigenvalue weighted by molar-refractivity contribution is 0.0553. The number of rotatable bonds is 6. The van der Waals surface area contributed by atoms with Gasteiger partial charge in [0, 0.05) is 32.0 Å². The number of hydrogen-bond donors (Lipinski definition) is 0. The van der Waals surface area contributed by atoms with Crippen LogP contribution >= 0.6 is 11.6 Å². The molecule has 5 aromatic rings. The van der Waals surface area contributed by atoms with Gasteiger partial charge in [-0.15, -0.1) is 5.10 Å². The molecule has 1 aliphatic rings. The third-order valence-corrected chi connectivity index (χ3v) is 7.53. The number of aromatic nitrogens is 6. The molecular formula is C28H29ClN6O2. The van der Waals surface area contributed by atoms with E-state index in [4.69, 9.17) is 26.1 Å². The van der Waals surface area contributed by atoms with E-state index in [1.54, 1.807) is 10.9 Å². The zero-order valence-electron chi connectivity index (χ0n) is 21.2. The molecule has 0 aliphatic carbocycles. The highest BCUT2D eigenvalue weighted by atomic mass is 35.5. The fourth-order valence-corrected chi connectivity index (χ4v) is 5.93. The molecule has 9 heteroatoms.